The summed E-state index contributed by atoms with van der Waals surface area (Å²) in [6, 6.07) is 8.02. The van der Waals surface area contributed by atoms with E-state index in [1.807, 2.05) is 6.07 Å². The molecule has 0 aliphatic heterocycles. The summed E-state index contributed by atoms with van der Waals surface area (Å²) < 4.78 is 28.5. The number of hydrogen-bond acceptors (Lipinski definition) is 7. The van der Waals surface area contributed by atoms with Crippen molar-refractivity contribution in [1.82, 2.24) is 15.3 Å². The van der Waals surface area contributed by atoms with Gasteiger partial charge in [-0.15, -0.1) is 0 Å². The van der Waals surface area contributed by atoms with Gasteiger partial charge in [0.1, 0.15) is 17.1 Å². The number of rotatable bonds is 7. The van der Waals surface area contributed by atoms with Crippen molar-refractivity contribution in [2.45, 2.75) is 44.6 Å². The Kier molecular flexibility index (Phi) is 7.02. The van der Waals surface area contributed by atoms with E-state index in [9.17, 15) is 13.2 Å². The number of nitrogens with one attached hydrogen (secondary N) is 1. The van der Waals surface area contributed by atoms with Gasteiger partial charge in [0.15, 0.2) is 9.84 Å². The summed E-state index contributed by atoms with van der Waals surface area (Å²) in [5.74, 6) is 0.958. The lowest BCUT2D eigenvalue weighted by Crippen LogP contribution is -2.31. The van der Waals surface area contributed by atoms with Gasteiger partial charge in [-0.3, -0.25) is 4.79 Å². The molecule has 2 aromatic rings. The highest BCUT2D eigenvalue weighted by Gasteiger charge is 2.24. The Morgan fingerprint density at radius 1 is 1.29 bits per heavy atom. The van der Waals surface area contributed by atoms with E-state index in [0.29, 0.717) is 17.1 Å². The van der Waals surface area contributed by atoms with Crippen molar-refractivity contribution < 1.29 is 17.9 Å². The minimum atomic E-state index is -3.29. The van der Waals surface area contributed by atoms with Crippen LogP contribution in [-0.4, -0.2) is 36.6 Å². The molecule has 1 aliphatic carbocycles. The average molecular weight is 441 g/mol. The third kappa shape index (κ3) is 6.36. The van der Waals surface area contributed by atoms with Crippen molar-refractivity contribution in [2.24, 2.45) is 0 Å². The van der Waals surface area contributed by atoms with Gasteiger partial charge in [0, 0.05) is 29.8 Å². The van der Waals surface area contributed by atoms with E-state index in [-0.39, 0.29) is 17.4 Å². The van der Waals surface area contributed by atoms with Crippen LogP contribution in [-0.2, 0) is 9.84 Å². The molecule has 0 bridgehead atoms. The fourth-order valence-corrected chi connectivity index (χ4v) is 3.82. The molecule has 1 N–H and O–H groups in total. The predicted octanol–water partition coefficient (Wildman–Crippen LogP) is 3.47. The third-order valence-electron chi connectivity index (χ3n) is 4.91. The summed E-state index contributed by atoms with van der Waals surface area (Å²) in [6.07, 6.45) is 8.14. The van der Waals surface area contributed by atoms with Gasteiger partial charge in [-0.1, -0.05) is 18.9 Å². The molecule has 1 heterocycles. The van der Waals surface area contributed by atoms with Gasteiger partial charge in [-0.2, -0.15) is 10.2 Å². The van der Waals surface area contributed by atoms with E-state index in [2.05, 4.69) is 15.3 Å². The van der Waals surface area contributed by atoms with E-state index in [1.54, 1.807) is 31.2 Å². The molecule has 0 saturated heterocycles. The molecule has 0 unspecified atom stereocenters. The number of carbonyl (C=O) groups is 1. The lowest BCUT2D eigenvalue weighted by molar-refractivity contribution is 0.0943. The Balaban J connectivity index is 1.87. The summed E-state index contributed by atoms with van der Waals surface area (Å²) in [4.78, 5) is 21.8. The number of carbonyl (C=O) groups excluding carboxylic acids is 1. The van der Waals surface area contributed by atoms with Crippen molar-refractivity contribution >= 4 is 15.7 Å². The molecule has 3 rings (SSSR count). The molecule has 1 saturated carbocycles. The van der Waals surface area contributed by atoms with Gasteiger partial charge in [-0.25, -0.2) is 13.4 Å². The molecule has 1 fully saturated rings. The molecule has 1 aliphatic rings. The van der Waals surface area contributed by atoms with Crippen LogP contribution in [0.4, 0.5) is 0 Å². The molecule has 1 amide bonds. The smallest absolute Gasteiger partial charge is 0.258 e. The van der Waals surface area contributed by atoms with Gasteiger partial charge in [0.05, 0.1) is 11.6 Å². The summed E-state index contributed by atoms with van der Waals surface area (Å²) in [6.45, 7) is 1.66. The number of nitrogens with zero attached hydrogens (tertiary/aromatic N) is 3. The number of aromatic nitrogens is 2. The van der Waals surface area contributed by atoms with Crippen molar-refractivity contribution in [3.63, 3.8) is 0 Å². The van der Waals surface area contributed by atoms with Crippen LogP contribution in [0.15, 0.2) is 41.9 Å². The van der Waals surface area contributed by atoms with Crippen LogP contribution in [0.25, 0.3) is 0 Å². The Labute approximate surface area is 181 Å². The largest absolute Gasteiger partial charge is 0.438 e. The fraction of sp³-hybridized carbons (Fsp3) is 0.364. The van der Waals surface area contributed by atoms with Crippen LogP contribution < -0.4 is 10.1 Å². The molecule has 31 heavy (non-hydrogen) atoms. The second-order valence-electron chi connectivity index (χ2n) is 7.59. The van der Waals surface area contributed by atoms with Crippen molar-refractivity contribution in [3.05, 3.63) is 58.9 Å². The molecule has 9 heteroatoms. The number of benzene rings is 1. The lowest BCUT2D eigenvalue weighted by atomic mass is 10.1. The van der Waals surface area contributed by atoms with E-state index < -0.39 is 21.8 Å². The highest BCUT2D eigenvalue weighted by molar-refractivity contribution is 7.93. The first-order valence-corrected chi connectivity index (χ1v) is 11.9. The SMILES string of the molecule is C[C@@H](/C=C/S(C)(=O)=O)NC(=O)c1cnc(C2CCCC2)nc1Oc1ccc(C#N)cc1. The molecular weight excluding hydrogens is 416 g/mol. The summed E-state index contributed by atoms with van der Waals surface area (Å²) >= 11 is 0. The van der Waals surface area contributed by atoms with Crippen molar-refractivity contribution in [1.29, 1.82) is 5.26 Å². The minimum Gasteiger partial charge on any atom is -0.438 e. The van der Waals surface area contributed by atoms with Gasteiger partial charge >= 0.3 is 0 Å². The molecule has 1 atom stereocenters. The first-order chi connectivity index (χ1) is 14.7. The summed E-state index contributed by atoms with van der Waals surface area (Å²) in [7, 11) is -3.29. The zero-order valence-electron chi connectivity index (χ0n) is 17.4. The number of nitriles is 1. The van der Waals surface area contributed by atoms with E-state index in [0.717, 1.165) is 37.3 Å². The molecule has 1 aromatic heterocycles. The number of sulfone groups is 1. The Bertz CT molecular complexity index is 1120. The molecular formula is C22H24N4O4S. The molecule has 162 valence electrons. The van der Waals surface area contributed by atoms with Crippen LogP contribution >= 0.6 is 0 Å². The molecule has 0 radical (unpaired) electrons. The maximum absolute atomic E-state index is 12.8. The quantitative estimate of drug-likeness (QED) is 0.699. The second kappa shape index (κ2) is 9.71. The fourth-order valence-electron chi connectivity index (χ4n) is 3.30. The zero-order chi connectivity index (χ0) is 22.4. The van der Waals surface area contributed by atoms with Gasteiger partial charge in [-0.05, 0) is 44.0 Å². The molecule has 1 aromatic carbocycles. The van der Waals surface area contributed by atoms with E-state index in [4.69, 9.17) is 10.00 Å². The van der Waals surface area contributed by atoms with Crippen LogP contribution in [0.3, 0.4) is 0 Å². The van der Waals surface area contributed by atoms with Crippen molar-refractivity contribution in [2.75, 3.05) is 6.26 Å². The first-order valence-electron chi connectivity index (χ1n) is 9.99. The average Bonchev–Trinajstić information content (AvgIpc) is 3.27. The number of ether oxygens (including phenoxy) is 1. The van der Waals surface area contributed by atoms with Gasteiger partial charge in [0.25, 0.3) is 5.91 Å². The first kappa shape index (κ1) is 22.4. The maximum Gasteiger partial charge on any atom is 0.258 e. The lowest BCUT2D eigenvalue weighted by Gasteiger charge is -2.15. The summed E-state index contributed by atoms with van der Waals surface area (Å²) in [5.41, 5.74) is 0.636. The van der Waals surface area contributed by atoms with E-state index >= 15 is 0 Å². The second-order valence-corrected chi connectivity index (χ2v) is 9.52. The van der Waals surface area contributed by atoms with Crippen LogP contribution in [0.5, 0.6) is 11.6 Å². The van der Waals surface area contributed by atoms with Crippen LogP contribution in [0.1, 0.15) is 60.3 Å². The molecule has 8 nitrogen and oxygen atoms in total. The predicted molar refractivity (Wildman–Crippen MR) is 115 cm³/mol. The molecule has 0 spiro atoms. The third-order valence-corrected chi connectivity index (χ3v) is 5.56. The van der Waals surface area contributed by atoms with Crippen molar-refractivity contribution in [3.8, 4) is 17.7 Å². The van der Waals surface area contributed by atoms with Crippen LogP contribution in [0.2, 0.25) is 0 Å². The van der Waals surface area contributed by atoms with Gasteiger partial charge < -0.3 is 10.1 Å². The minimum absolute atomic E-state index is 0.124. The van der Waals surface area contributed by atoms with Crippen LogP contribution in [0, 0.1) is 11.3 Å². The maximum atomic E-state index is 12.8. The Morgan fingerprint density at radius 3 is 2.58 bits per heavy atom. The zero-order valence-corrected chi connectivity index (χ0v) is 18.2. The normalized spacial score (nSPS) is 15.5. The summed E-state index contributed by atoms with van der Waals surface area (Å²) in [5, 5.41) is 12.7. The number of hydrogen-bond donors (Lipinski definition) is 1. The highest BCUT2D eigenvalue weighted by atomic mass is 32.2. The van der Waals surface area contributed by atoms with Gasteiger partial charge in [0.2, 0.25) is 5.88 Å². The standard InChI is InChI=1S/C22H24N4O4S/c1-15(11-12-31(2,28)29)25-21(27)19-14-24-20(17-5-3-4-6-17)26-22(19)30-18-9-7-16(13-23)8-10-18/h7-12,14-15,17H,3-6H2,1-2H3,(H,25,27)/b12-11+/t15-/m0/s1. The topological polar surface area (TPSA) is 122 Å². The highest BCUT2D eigenvalue weighted by Crippen LogP contribution is 2.34. The Morgan fingerprint density at radius 2 is 1.97 bits per heavy atom. The monoisotopic (exact) mass is 440 g/mol. The number of amides is 1. The van der Waals surface area contributed by atoms with E-state index in [1.165, 1.54) is 12.3 Å². The Hall–Kier alpha value is -3.25.